The Kier molecular flexibility index (Phi) is 4.77. The van der Waals surface area contributed by atoms with E-state index in [9.17, 15) is 4.79 Å². The zero-order valence-electron chi connectivity index (χ0n) is 17.2. The van der Waals surface area contributed by atoms with Gasteiger partial charge in [-0.25, -0.2) is 0 Å². The van der Waals surface area contributed by atoms with Gasteiger partial charge in [0.05, 0.1) is 40.6 Å². The number of benzene rings is 2. The number of aromatic nitrogens is 1. The molecule has 1 aliphatic heterocycles. The van der Waals surface area contributed by atoms with Gasteiger partial charge in [-0.15, -0.1) is 0 Å². The second-order valence-corrected chi connectivity index (χ2v) is 8.62. The number of hydrogen-bond donors (Lipinski definition) is 0. The van der Waals surface area contributed by atoms with Crippen LogP contribution in [-0.2, 0) is 9.31 Å². The first-order chi connectivity index (χ1) is 13.6. The molecule has 0 amide bonds. The van der Waals surface area contributed by atoms with Crippen molar-refractivity contribution in [3.63, 3.8) is 0 Å². The standard InChI is InChI=1S/C22H23BClNO4/c1-21(2)22(3,4)29-23(28-21)14-10-11-15-16(12-14)20(26)25(13-19(15)27-5)18-9-7-6-8-17(18)24/h6-13H,1-5H3. The van der Waals surface area contributed by atoms with E-state index >= 15 is 0 Å². The van der Waals surface area contributed by atoms with E-state index in [4.69, 9.17) is 25.6 Å². The van der Waals surface area contributed by atoms with Crippen LogP contribution in [0, 0.1) is 0 Å². The lowest BCUT2D eigenvalue weighted by molar-refractivity contribution is 0.00578. The van der Waals surface area contributed by atoms with E-state index in [1.54, 1.807) is 25.4 Å². The number of pyridine rings is 1. The molecule has 0 radical (unpaired) electrons. The fourth-order valence-corrected chi connectivity index (χ4v) is 3.67. The minimum absolute atomic E-state index is 0.188. The van der Waals surface area contributed by atoms with Crippen LogP contribution in [0.1, 0.15) is 27.7 Å². The highest BCUT2D eigenvalue weighted by Gasteiger charge is 2.51. The molecule has 0 bridgehead atoms. The van der Waals surface area contributed by atoms with E-state index in [1.807, 2.05) is 58.0 Å². The van der Waals surface area contributed by atoms with E-state index in [-0.39, 0.29) is 5.56 Å². The first-order valence-electron chi connectivity index (χ1n) is 9.48. The molecule has 2 aromatic carbocycles. The third-order valence-electron chi connectivity index (χ3n) is 5.86. The molecule has 0 aliphatic carbocycles. The molecule has 0 atom stereocenters. The van der Waals surface area contributed by atoms with Crippen LogP contribution >= 0.6 is 11.6 Å². The second-order valence-electron chi connectivity index (χ2n) is 8.22. The van der Waals surface area contributed by atoms with Crippen molar-refractivity contribution in [2.75, 3.05) is 7.11 Å². The summed E-state index contributed by atoms with van der Waals surface area (Å²) in [4.78, 5) is 13.3. The molecule has 1 fully saturated rings. The topological polar surface area (TPSA) is 49.7 Å². The van der Waals surface area contributed by atoms with E-state index in [0.29, 0.717) is 21.8 Å². The molecular weight excluding hydrogens is 389 g/mol. The van der Waals surface area contributed by atoms with Gasteiger partial charge in [0, 0.05) is 5.39 Å². The van der Waals surface area contributed by atoms with E-state index < -0.39 is 18.3 Å². The molecule has 29 heavy (non-hydrogen) atoms. The van der Waals surface area contributed by atoms with Gasteiger partial charge in [0.1, 0.15) is 5.75 Å². The van der Waals surface area contributed by atoms with Crippen molar-refractivity contribution in [2.24, 2.45) is 0 Å². The Morgan fingerprint density at radius 1 is 1.00 bits per heavy atom. The lowest BCUT2D eigenvalue weighted by Gasteiger charge is -2.32. The molecule has 5 nitrogen and oxygen atoms in total. The van der Waals surface area contributed by atoms with Crippen LogP contribution in [0.25, 0.3) is 16.5 Å². The Labute approximate surface area is 175 Å². The maximum absolute atomic E-state index is 13.3. The van der Waals surface area contributed by atoms with Gasteiger partial charge in [-0.1, -0.05) is 35.9 Å². The number of rotatable bonds is 3. The summed E-state index contributed by atoms with van der Waals surface area (Å²) in [6.07, 6.45) is 1.67. The Hall–Kier alpha value is -2.28. The number of hydrogen-bond acceptors (Lipinski definition) is 4. The van der Waals surface area contributed by atoms with Gasteiger partial charge in [-0.05, 0) is 51.4 Å². The number of methoxy groups -OCH3 is 1. The highest BCUT2D eigenvalue weighted by Crippen LogP contribution is 2.36. The summed E-state index contributed by atoms with van der Waals surface area (Å²) in [5, 5.41) is 1.72. The number of halogens is 1. The van der Waals surface area contributed by atoms with Crippen molar-refractivity contribution in [3.05, 3.63) is 64.0 Å². The van der Waals surface area contributed by atoms with Crippen molar-refractivity contribution in [1.82, 2.24) is 4.57 Å². The largest absolute Gasteiger partial charge is 0.495 e. The van der Waals surface area contributed by atoms with Gasteiger partial charge in [-0.2, -0.15) is 0 Å². The highest BCUT2D eigenvalue weighted by atomic mass is 35.5. The molecular formula is C22H23BClNO4. The fourth-order valence-electron chi connectivity index (χ4n) is 3.44. The quantitative estimate of drug-likeness (QED) is 0.612. The second kappa shape index (κ2) is 6.90. The lowest BCUT2D eigenvalue weighted by Crippen LogP contribution is -2.41. The molecule has 0 spiro atoms. The van der Waals surface area contributed by atoms with Crippen molar-refractivity contribution in [3.8, 4) is 11.4 Å². The molecule has 3 aromatic rings. The van der Waals surface area contributed by atoms with Gasteiger partial charge in [0.25, 0.3) is 5.56 Å². The normalized spacial score (nSPS) is 17.7. The Morgan fingerprint density at radius 3 is 2.28 bits per heavy atom. The van der Waals surface area contributed by atoms with Crippen LogP contribution in [0.4, 0.5) is 0 Å². The first kappa shape index (κ1) is 20.0. The first-order valence-corrected chi connectivity index (χ1v) is 9.86. The average molecular weight is 412 g/mol. The lowest BCUT2D eigenvalue weighted by atomic mass is 9.78. The Morgan fingerprint density at radius 2 is 1.66 bits per heavy atom. The number of nitrogens with zero attached hydrogens (tertiary/aromatic N) is 1. The van der Waals surface area contributed by atoms with E-state index in [2.05, 4.69) is 0 Å². The van der Waals surface area contributed by atoms with Crippen LogP contribution in [0.2, 0.25) is 5.02 Å². The van der Waals surface area contributed by atoms with Crippen molar-refractivity contribution in [1.29, 1.82) is 0 Å². The predicted molar refractivity (Wildman–Crippen MR) is 117 cm³/mol. The summed E-state index contributed by atoms with van der Waals surface area (Å²) >= 11 is 6.33. The monoisotopic (exact) mass is 411 g/mol. The highest BCUT2D eigenvalue weighted by molar-refractivity contribution is 6.62. The molecule has 0 N–H and O–H groups in total. The summed E-state index contributed by atoms with van der Waals surface area (Å²) in [5.41, 5.74) is 0.275. The van der Waals surface area contributed by atoms with Gasteiger partial charge >= 0.3 is 7.12 Å². The van der Waals surface area contributed by atoms with Crippen LogP contribution in [0.15, 0.2) is 53.5 Å². The molecule has 7 heteroatoms. The van der Waals surface area contributed by atoms with Crippen molar-refractivity contribution >= 4 is 35.0 Å². The van der Waals surface area contributed by atoms with Crippen LogP contribution < -0.4 is 15.8 Å². The van der Waals surface area contributed by atoms with Crippen LogP contribution in [-0.4, -0.2) is 30.0 Å². The van der Waals surface area contributed by atoms with E-state index in [0.717, 1.165) is 10.8 Å². The van der Waals surface area contributed by atoms with Crippen LogP contribution in [0.3, 0.4) is 0 Å². The predicted octanol–water partition coefficient (Wildman–Crippen LogP) is 3.95. The zero-order chi connectivity index (χ0) is 21.0. The molecule has 1 aliphatic rings. The smallest absolute Gasteiger partial charge is 0.494 e. The van der Waals surface area contributed by atoms with Crippen LogP contribution in [0.5, 0.6) is 5.75 Å². The van der Waals surface area contributed by atoms with E-state index in [1.165, 1.54) is 4.57 Å². The molecule has 0 unspecified atom stereocenters. The summed E-state index contributed by atoms with van der Waals surface area (Å²) < 4.78 is 19.4. The van der Waals surface area contributed by atoms with Crippen molar-refractivity contribution < 1.29 is 14.0 Å². The number of para-hydroxylation sites is 1. The molecule has 1 saturated heterocycles. The summed E-state index contributed by atoms with van der Waals surface area (Å²) in [6, 6.07) is 12.8. The van der Waals surface area contributed by atoms with Gasteiger partial charge in [0.15, 0.2) is 0 Å². The zero-order valence-corrected chi connectivity index (χ0v) is 17.9. The summed E-state index contributed by atoms with van der Waals surface area (Å²) in [5.74, 6) is 0.583. The van der Waals surface area contributed by atoms with Crippen molar-refractivity contribution in [2.45, 2.75) is 38.9 Å². The summed E-state index contributed by atoms with van der Waals surface area (Å²) in [6.45, 7) is 8.01. The fraction of sp³-hybridized carbons (Fsp3) is 0.318. The van der Waals surface area contributed by atoms with Gasteiger partial charge < -0.3 is 14.0 Å². The third kappa shape index (κ3) is 3.25. The third-order valence-corrected chi connectivity index (χ3v) is 6.18. The minimum atomic E-state index is -0.552. The van der Waals surface area contributed by atoms with Gasteiger partial charge in [0.2, 0.25) is 0 Å². The maximum atomic E-state index is 13.3. The minimum Gasteiger partial charge on any atom is -0.495 e. The SMILES string of the molecule is COc1cn(-c2ccccc2Cl)c(=O)c2cc(B3OC(C)(C)C(C)(C)O3)ccc12. The molecule has 2 heterocycles. The molecule has 1 aromatic heterocycles. The maximum Gasteiger partial charge on any atom is 0.494 e. The Balaban J connectivity index is 1.90. The number of fused-ring (bicyclic) bond motifs is 1. The Bertz CT molecular complexity index is 1140. The molecule has 4 rings (SSSR count). The summed E-state index contributed by atoms with van der Waals surface area (Å²) in [7, 11) is 1.03. The molecule has 150 valence electrons. The molecule has 0 saturated carbocycles. The van der Waals surface area contributed by atoms with Gasteiger partial charge in [-0.3, -0.25) is 9.36 Å². The number of ether oxygens (including phenoxy) is 1. The average Bonchev–Trinajstić information content (AvgIpc) is 2.90.